The highest BCUT2D eigenvalue weighted by Crippen LogP contribution is 2.43. The van der Waals surface area contributed by atoms with Crippen molar-refractivity contribution in [1.82, 2.24) is 0 Å². The van der Waals surface area contributed by atoms with Crippen LogP contribution in [0, 0.1) is 6.92 Å². The number of hydrogen-bond acceptors (Lipinski definition) is 5. The largest absolute Gasteiger partial charge is 0.493 e. The molecule has 0 aliphatic carbocycles. The molecule has 0 heterocycles. The Labute approximate surface area is 176 Å². The summed E-state index contributed by atoms with van der Waals surface area (Å²) in [7, 11) is 3.21. The highest BCUT2D eigenvalue weighted by atomic mass is 32.2. The summed E-state index contributed by atoms with van der Waals surface area (Å²) in [4.78, 5) is 13.9. The van der Waals surface area contributed by atoms with Gasteiger partial charge in [0, 0.05) is 27.8 Å². The van der Waals surface area contributed by atoms with Crippen LogP contribution in [0.3, 0.4) is 0 Å². The number of thioether (sulfide) groups is 1. The van der Waals surface area contributed by atoms with Crippen molar-refractivity contribution in [2.24, 2.45) is 0 Å². The van der Waals surface area contributed by atoms with Gasteiger partial charge in [0.05, 0.1) is 14.2 Å². The average Bonchev–Trinajstić information content (AvgIpc) is 2.74. The van der Waals surface area contributed by atoms with Crippen molar-refractivity contribution in [3.8, 4) is 11.5 Å². The summed E-state index contributed by atoms with van der Waals surface area (Å²) in [6.45, 7) is 2.01. The third-order valence-electron chi connectivity index (χ3n) is 4.71. The van der Waals surface area contributed by atoms with Gasteiger partial charge in [-0.2, -0.15) is 0 Å². The molecule has 0 aromatic heterocycles. The van der Waals surface area contributed by atoms with Crippen LogP contribution in [0.4, 0.5) is 5.69 Å². The number of para-hydroxylation sites is 1. The van der Waals surface area contributed by atoms with Gasteiger partial charge in [-0.1, -0.05) is 48.0 Å². The van der Waals surface area contributed by atoms with Crippen LogP contribution in [0.15, 0.2) is 71.6 Å². The van der Waals surface area contributed by atoms with Crippen molar-refractivity contribution in [1.29, 1.82) is 0 Å². The van der Waals surface area contributed by atoms with E-state index in [0.717, 1.165) is 16.0 Å². The van der Waals surface area contributed by atoms with Crippen LogP contribution in [0.1, 0.15) is 33.2 Å². The van der Waals surface area contributed by atoms with Crippen molar-refractivity contribution in [3.05, 3.63) is 83.4 Å². The zero-order chi connectivity index (χ0) is 20.8. The first-order chi connectivity index (χ1) is 14.0. The van der Waals surface area contributed by atoms with Crippen molar-refractivity contribution in [2.75, 3.05) is 20.0 Å². The van der Waals surface area contributed by atoms with E-state index in [2.05, 4.69) is 0 Å². The molecule has 0 radical (unpaired) electrons. The lowest BCUT2D eigenvalue weighted by Gasteiger charge is -2.19. The molecule has 0 saturated heterocycles. The summed E-state index contributed by atoms with van der Waals surface area (Å²) in [5.74, 6) is 1.38. The fraction of sp³-hybridized carbons (Fsp3) is 0.208. The molecule has 0 aliphatic rings. The van der Waals surface area contributed by atoms with Gasteiger partial charge < -0.3 is 15.2 Å². The van der Waals surface area contributed by atoms with E-state index in [0.29, 0.717) is 29.2 Å². The van der Waals surface area contributed by atoms with Crippen LogP contribution < -0.4 is 15.2 Å². The van der Waals surface area contributed by atoms with E-state index in [4.69, 9.17) is 15.2 Å². The number of rotatable bonds is 8. The SMILES string of the molecule is COc1ccc([C@@H](CC(=O)c2ccc(C)cc2)Sc2ccccc2N)cc1OC. The lowest BCUT2D eigenvalue weighted by atomic mass is 10.0. The molecule has 0 bridgehead atoms. The topological polar surface area (TPSA) is 61.5 Å². The second-order valence-electron chi connectivity index (χ2n) is 6.75. The third-order valence-corrected chi connectivity index (χ3v) is 6.06. The number of nitrogens with two attached hydrogens (primary N) is 1. The molecule has 29 heavy (non-hydrogen) atoms. The van der Waals surface area contributed by atoms with Gasteiger partial charge in [0.15, 0.2) is 17.3 Å². The maximum atomic E-state index is 13.0. The Hall–Kier alpha value is -2.92. The van der Waals surface area contributed by atoms with E-state index in [1.165, 1.54) is 0 Å². The number of carbonyl (C=O) groups excluding carboxylic acids is 1. The van der Waals surface area contributed by atoms with Crippen molar-refractivity contribution >= 4 is 23.2 Å². The normalized spacial score (nSPS) is 11.7. The molecule has 2 N–H and O–H groups in total. The second-order valence-corrected chi connectivity index (χ2v) is 8.00. The predicted molar refractivity (Wildman–Crippen MR) is 119 cm³/mol. The number of ether oxygens (including phenoxy) is 2. The summed E-state index contributed by atoms with van der Waals surface area (Å²) in [6.07, 6.45) is 0.345. The summed E-state index contributed by atoms with van der Waals surface area (Å²) >= 11 is 1.59. The summed E-state index contributed by atoms with van der Waals surface area (Å²) in [5.41, 5.74) is 9.68. The lowest BCUT2D eigenvalue weighted by molar-refractivity contribution is 0.0982. The number of aryl methyl sites for hydroxylation is 1. The zero-order valence-electron chi connectivity index (χ0n) is 16.8. The van der Waals surface area contributed by atoms with Crippen LogP contribution in [0.25, 0.3) is 0 Å². The first-order valence-corrected chi connectivity index (χ1v) is 10.2. The van der Waals surface area contributed by atoms with Gasteiger partial charge in [0.2, 0.25) is 0 Å². The Morgan fingerprint density at radius 3 is 2.31 bits per heavy atom. The number of benzene rings is 3. The molecule has 1 atom stereocenters. The number of nitrogen functional groups attached to an aromatic ring is 1. The minimum Gasteiger partial charge on any atom is -0.493 e. The van der Waals surface area contributed by atoms with Crippen LogP contribution in [0.2, 0.25) is 0 Å². The minimum atomic E-state index is -0.117. The molecule has 0 saturated carbocycles. The second kappa shape index (κ2) is 9.52. The van der Waals surface area contributed by atoms with Gasteiger partial charge >= 0.3 is 0 Å². The van der Waals surface area contributed by atoms with Crippen LogP contribution in [-0.4, -0.2) is 20.0 Å². The fourth-order valence-electron chi connectivity index (χ4n) is 3.05. The summed E-state index contributed by atoms with van der Waals surface area (Å²) in [5, 5.41) is -0.117. The number of Topliss-reactive ketones (excluding diaryl/α,β-unsaturated/α-hetero) is 1. The van der Waals surface area contributed by atoms with Crippen LogP contribution in [0.5, 0.6) is 11.5 Å². The van der Waals surface area contributed by atoms with Crippen LogP contribution >= 0.6 is 11.8 Å². The highest BCUT2D eigenvalue weighted by molar-refractivity contribution is 7.99. The van der Waals surface area contributed by atoms with E-state index in [1.807, 2.05) is 73.7 Å². The lowest BCUT2D eigenvalue weighted by Crippen LogP contribution is -2.06. The van der Waals surface area contributed by atoms with Crippen molar-refractivity contribution in [3.63, 3.8) is 0 Å². The molecule has 0 amide bonds. The van der Waals surface area contributed by atoms with Gasteiger partial charge in [0.1, 0.15) is 0 Å². The van der Waals surface area contributed by atoms with Gasteiger partial charge in [-0.15, -0.1) is 11.8 Å². The zero-order valence-corrected chi connectivity index (χ0v) is 17.7. The Kier molecular flexibility index (Phi) is 6.83. The predicted octanol–water partition coefficient (Wildman–Crippen LogP) is 5.70. The molecule has 0 spiro atoms. The van der Waals surface area contributed by atoms with E-state index in [-0.39, 0.29) is 11.0 Å². The molecular weight excluding hydrogens is 382 g/mol. The first-order valence-electron chi connectivity index (χ1n) is 9.34. The van der Waals surface area contributed by atoms with Gasteiger partial charge in [0.25, 0.3) is 0 Å². The van der Waals surface area contributed by atoms with Crippen LogP contribution in [-0.2, 0) is 0 Å². The average molecular weight is 408 g/mol. The molecule has 5 heteroatoms. The number of hydrogen-bond donors (Lipinski definition) is 1. The van der Waals surface area contributed by atoms with Crippen molar-refractivity contribution < 1.29 is 14.3 Å². The van der Waals surface area contributed by atoms with E-state index in [1.54, 1.807) is 26.0 Å². The number of anilines is 1. The maximum absolute atomic E-state index is 13.0. The Morgan fingerprint density at radius 2 is 1.66 bits per heavy atom. The Bertz CT molecular complexity index is 986. The van der Waals surface area contributed by atoms with E-state index >= 15 is 0 Å². The molecule has 3 aromatic carbocycles. The molecule has 4 nitrogen and oxygen atoms in total. The molecule has 150 valence electrons. The minimum absolute atomic E-state index is 0.0896. The third kappa shape index (κ3) is 5.12. The van der Waals surface area contributed by atoms with Crippen molar-refractivity contribution in [2.45, 2.75) is 23.5 Å². The highest BCUT2D eigenvalue weighted by Gasteiger charge is 2.21. The summed E-state index contributed by atoms with van der Waals surface area (Å²) in [6, 6.07) is 21.1. The number of methoxy groups -OCH3 is 2. The van der Waals surface area contributed by atoms with Gasteiger partial charge in [-0.25, -0.2) is 0 Å². The van der Waals surface area contributed by atoms with E-state index < -0.39 is 0 Å². The first kappa shape index (κ1) is 20.8. The number of ketones is 1. The molecule has 0 fully saturated rings. The standard InChI is InChI=1S/C24H25NO3S/c1-16-8-10-17(11-9-16)20(26)15-24(29-23-7-5-4-6-19(23)25)18-12-13-21(27-2)22(14-18)28-3/h4-14,24H,15,25H2,1-3H3/t24-/m1/s1. The summed E-state index contributed by atoms with van der Waals surface area (Å²) < 4.78 is 10.8. The van der Waals surface area contributed by atoms with E-state index in [9.17, 15) is 4.79 Å². The molecule has 3 aromatic rings. The molecule has 0 unspecified atom stereocenters. The quantitative estimate of drug-likeness (QED) is 0.295. The smallest absolute Gasteiger partial charge is 0.164 e. The number of carbonyl (C=O) groups is 1. The monoisotopic (exact) mass is 407 g/mol. The Balaban J connectivity index is 1.94. The van der Waals surface area contributed by atoms with Gasteiger partial charge in [-0.3, -0.25) is 4.79 Å². The maximum Gasteiger partial charge on any atom is 0.164 e. The molecular formula is C24H25NO3S. The molecule has 3 rings (SSSR count). The Morgan fingerprint density at radius 1 is 0.966 bits per heavy atom. The molecule has 0 aliphatic heterocycles. The fourth-order valence-corrected chi connectivity index (χ4v) is 4.23. The van der Waals surface area contributed by atoms with Gasteiger partial charge in [-0.05, 0) is 36.8 Å².